The summed E-state index contributed by atoms with van der Waals surface area (Å²) in [6, 6.07) is 7.55. The highest BCUT2D eigenvalue weighted by Gasteiger charge is 2.45. The van der Waals surface area contributed by atoms with Gasteiger partial charge in [-0.2, -0.15) is 0 Å². The first kappa shape index (κ1) is 27.4. The van der Waals surface area contributed by atoms with Gasteiger partial charge in [0.25, 0.3) is 0 Å². The molecule has 1 aliphatic carbocycles. The molecule has 0 unspecified atom stereocenters. The van der Waals surface area contributed by atoms with Gasteiger partial charge in [0, 0.05) is 18.0 Å². The zero-order chi connectivity index (χ0) is 27.2. The number of amides is 1. The molecule has 4 bridgehead atoms. The normalized spacial score (nSPS) is 25.6. The minimum absolute atomic E-state index is 0.0481. The van der Waals surface area contributed by atoms with Crippen LogP contribution in [0.15, 0.2) is 30.5 Å². The fraction of sp³-hybridized carbons (Fsp3) is 0.613. The SMILES string of the molecule is CCOC(=O)[C@@H]1C[C@@H]2CN1C(=O)[C@H](C1CCCCC1)CC(=O)OCCCCCc1ccc3ccnc(c3c1)O2. The lowest BCUT2D eigenvalue weighted by Crippen LogP contribution is -2.47. The minimum atomic E-state index is -0.753. The molecule has 3 atom stereocenters. The number of esters is 2. The Balaban J connectivity index is 1.47. The molecular formula is C31H40N2O6. The maximum absolute atomic E-state index is 14.1. The zero-order valence-corrected chi connectivity index (χ0v) is 22.9. The van der Waals surface area contributed by atoms with E-state index >= 15 is 0 Å². The largest absolute Gasteiger partial charge is 0.472 e. The molecule has 0 N–H and O–H groups in total. The van der Waals surface area contributed by atoms with E-state index in [2.05, 4.69) is 23.2 Å². The summed E-state index contributed by atoms with van der Waals surface area (Å²) in [4.78, 5) is 46.2. The number of fused-ring (bicyclic) bond motifs is 3. The van der Waals surface area contributed by atoms with Crippen molar-refractivity contribution >= 4 is 28.6 Å². The van der Waals surface area contributed by atoms with Gasteiger partial charge in [-0.3, -0.25) is 9.59 Å². The number of benzene rings is 1. The van der Waals surface area contributed by atoms with Crippen LogP contribution in [0.4, 0.5) is 0 Å². The molecule has 1 amide bonds. The van der Waals surface area contributed by atoms with Crippen molar-refractivity contribution in [1.29, 1.82) is 0 Å². The summed E-state index contributed by atoms with van der Waals surface area (Å²) in [5.41, 5.74) is 1.20. The van der Waals surface area contributed by atoms with Gasteiger partial charge in [0.15, 0.2) is 0 Å². The second-order valence-electron chi connectivity index (χ2n) is 11.1. The average molecular weight is 537 g/mol. The molecule has 8 heteroatoms. The van der Waals surface area contributed by atoms with Crippen molar-refractivity contribution in [2.24, 2.45) is 11.8 Å². The van der Waals surface area contributed by atoms with E-state index in [1.54, 1.807) is 18.0 Å². The summed E-state index contributed by atoms with van der Waals surface area (Å²) in [5, 5.41) is 1.97. The van der Waals surface area contributed by atoms with Crippen molar-refractivity contribution in [3.8, 4) is 5.88 Å². The number of pyridine rings is 1. The topological polar surface area (TPSA) is 95.0 Å². The molecule has 0 spiro atoms. The van der Waals surface area contributed by atoms with E-state index in [1.807, 2.05) is 6.07 Å². The number of hydrogen-bond acceptors (Lipinski definition) is 7. The summed E-state index contributed by atoms with van der Waals surface area (Å²) in [6.45, 7) is 2.60. The molecular weight excluding hydrogens is 496 g/mol. The van der Waals surface area contributed by atoms with Gasteiger partial charge in [-0.1, -0.05) is 31.4 Å². The van der Waals surface area contributed by atoms with E-state index in [0.717, 1.165) is 68.6 Å². The lowest BCUT2D eigenvalue weighted by Gasteiger charge is -2.33. The Bertz CT molecular complexity index is 1180. The molecule has 2 aliphatic heterocycles. The molecule has 3 aliphatic rings. The molecule has 8 nitrogen and oxygen atoms in total. The van der Waals surface area contributed by atoms with Crippen molar-refractivity contribution in [3.63, 3.8) is 0 Å². The molecule has 1 aromatic heterocycles. The predicted octanol–water partition coefficient (Wildman–Crippen LogP) is 5.00. The highest BCUT2D eigenvalue weighted by molar-refractivity contribution is 5.89. The number of aromatic nitrogens is 1. The fourth-order valence-electron chi connectivity index (χ4n) is 6.42. The number of hydrogen-bond donors (Lipinski definition) is 0. The molecule has 210 valence electrons. The van der Waals surface area contributed by atoms with Gasteiger partial charge in [0.2, 0.25) is 11.8 Å². The Kier molecular flexibility index (Phi) is 8.99. The lowest BCUT2D eigenvalue weighted by molar-refractivity contribution is -0.157. The van der Waals surface area contributed by atoms with Crippen LogP contribution in [-0.2, 0) is 30.3 Å². The number of cyclic esters (lactones) is 1. The number of ether oxygens (including phenoxy) is 3. The molecule has 2 aromatic rings. The van der Waals surface area contributed by atoms with Crippen molar-refractivity contribution < 1.29 is 28.6 Å². The standard InChI is InChI=1S/C31H40N2O6/c1-2-37-31(36)27-18-24-20-33(27)30(35)26(22-10-6-3-7-11-22)19-28(34)38-16-8-4-5-9-21-12-13-23-14-15-32-29(39-24)25(23)17-21/h12-15,17,22,24,26-27H,2-11,16,18-20H2,1H3/t24-,26+,27+/m1/s1. The van der Waals surface area contributed by atoms with Crippen LogP contribution >= 0.6 is 0 Å². The highest BCUT2D eigenvalue weighted by atomic mass is 16.5. The van der Waals surface area contributed by atoms with Gasteiger partial charge < -0.3 is 19.1 Å². The maximum Gasteiger partial charge on any atom is 0.328 e. The van der Waals surface area contributed by atoms with Crippen LogP contribution in [0.25, 0.3) is 10.8 Å². The molecule has 1 aromatic carbocycles. The Hall–Kier alpha value is -3.16. The maximum atomic E-state index is 14.1. The fourth-order valence-corrected chi connectivity index (χ4v) is 6.42. The molecule has 2 fully saturated rings. The first-order valence-corrected chi connectivity index (χ1v) is 14.7. The van der Waals surface area contributed by atoms with E-state index in [4.69, 9.17) is 14.2 Å². The Morgan fingerprint density at radius 3 is 2.72 bits per heavy atom. The van der Waals surface area contributed by atoms with Crippen LogP contribution in [0.2, 0.25) is 0 Å². The van der Waals surface area contributed by atoms with Crippen molar-refractivity contribution in [3.05, 3.63) is 36.0 Å². The predicted molar refractivity (Wildman–Crippen MR) is 146 cm³/mol. The van der Waals surface area contributed by atoms with Gasteiger partial charge in [-0.05, 0) is 74.4 Å². The Labute approximate surface area is 230 Å². The summed E-state index contributed by atoms with van der Waals surface area (Å²) < 4.78 is 17.4. The van der Waals surface area contributed by atoms with E-state index in [0.29, 0.717) is 18.9 Å². The summed E-state index contributed by atoms with van der Waals surface area (Å²) in [6.07, 6.45) is 10.4. The minimum Gasteiger partial charge on any atom is -0.472 e. The monoisotopic (exact) mass is 536 g/mol. The molecule has 1 saturated heterocycles. The third kappa shape index (κ3) is 6.53. The molecule has 1 saturated carbocycles. The van der Waals surface area contributed by atoms with Crippen molar-refractivity contribution in [1.82, 2.24) is 9.88 Å². The summed E-state index contributed by atoms with van der Waals surface area (Å²) in [7, 11) is 0. The van der Waals surface area contributed by atoms with Crippen molar-refractivity contribution in [2.45, 2.75) is 89.7 Å². The number of carbonyl (C=O) groups excluding carboxylic acids is 3. The zero-order valence-electron chi connectivity index (χ0n) is 22.9. The number of carbonyl (C=O) groups is 3. The second-order valence-corrected chi connectivity index (χ2v) is 11.1. The molecule has 39 heavy (non-hydrogen) atoms. The molecule has 3 heterocycles. The first-order chi connectivity index (χ1) is 19.0. The molecule has 5 rings (SSSR count). The smallest absolute Gasteiger partial charge is 0.328 e. The number of nitrogens with zero attached hydrogens (tertiary/aromatic N) is 2. The third-order valence-corrected chi connectivity index (χ3v) is 8.47. The quantitative estimate of drug-likeness (QED) is 0.510. The number of rotatable bonds is 3. The van der Waals surface area contributed by atoms with E-state index in [9.17, 15) is 14.4 Å². The Morgan fingerprint density at radius 2 is 1.90 bits per heavy atom. The van der Waals surface area contributed by atoms with E-state index in [1.165, 1.54) is 5.56 Å². The third-order valence-electron chi connectivity index (χ3n) is 8.47. The van der Waals surface area contributed by atoms with E-state index in [-0.39, 0.29) is 37.4 Å². The van der Waals surface area contributed by atoms with Crippen LogP contribution in [-0.4, -0.2) is 59.6 Å². The second kappa shape index (κ2) is 12.8. The van der Waals surface area contributed by atoms with Crippen LogP contribution in [0, 0.1) is 11.8 Å². The molecule has 0 radical (unpaired) electrons. The van der Waals surface area contributed by atoms with Crippen molar-refractivity contribution in [2.75, 3.05) is 19.8 Å². The van der Waals surface area contributed by atoms with Crippen LogP contribution < -0.4 is 4.74 Å². The number of aryl methyl sites for hydroxylation is 1. The van der Waals surface area contributed by atoms with E-state index < -0.39 is 24.0 Å². The first-order valence-electron chi connectivity index (χ1n) is 14.7. The summed E-state index contributed by atoms with van der Waals surface area (Å²) >= 11 is 0. The van der Waals surface area contributed by atoms with Crippen LogP contribution in [0.5, 0.6) is 5.88 Å². The highest BCUT2D eigenvalue weighted by Crippen LogP contribution is 2.36. The summed E-state index contributed by atoms with van der Waals surface area (Å²) in [5.74, 6) is -0.817. The lowest BCUT2D eigenvalue weighted by atomic mass is 9.77. The Morgan fingerprint density at radius 1 is 1.08 bits per heavy atom. The van der Waals surface area contributed by atoms with Gasteiger partial charge in [0.1, 0.15) is 12.1 Å². The van der Waals surface area contributed by atoms with Gasteiger partial charge >= 0.3 is 11.9 Å². The van der Waals surface area contributed by atoms with Gasteiger partial charge in [-0.15, -0.1) is 0 Å². The van der Waals surface area contributed by atoms with Gasteiger partial charge in [0.05, 0.1) is 32.1 Å². The average Bonchev–Trinajstić information content (AvgIpc) is 3.37. The van der Waals surface area contributed by atoms with Gasteiger partial charge in [-0.25, -0.2) is 9.78 Å². The van der Waals surface area contributed by atoms with Crippen LogP contribution in [0.3, 0.4) is 0 Å². The van der Waals surface area contributed by atoms with Crippen LogP contribution in [0.1, 0.15) is 76.7 Å².